The van der Waals surface area contributed by atoms with Crippen molar-refractivity contribution in [2.45, 2.75) is 0 Å². The molecule has 0 N–H and O–H groups in total. The van der Waals surface area contributed by atoms with Crippen LogP contribution in [0, 0.1) is 5.82 Å². The van der Waals surface area contributed by atoms with Gasteiger partial charge in [-0.15, -0.1) is 0 Å². The summed E-state index contributed by atoms with van der Waals surface area (Å²) in [6, 6.07) is 5.07. The van der Waals surface area contributed by atoms with Crippen LogP contribution in [0.15, 0.2) is 30.6 Å². The molecule has 15 heavy (non-hydrogen) atoms. The van der Waals surface area contributed by atoms with Gasteiger partial charge in [-0.3, -0.25) is 0 Å². The van der Waals surface area contributed by atoms with Crippen molar-refractivity contribution in [1.29, 1.82) is 0 Å². The molecule has 2 nitrogen and oxygen atoms in total. The lowest BCUT2D eigenvalue weighted by molar-refractivity contribution is 0.614. The quantitative estimate of drug-likeness (QED) is 0.764. The van der Waals surface area contributed by atoms with E-state index in [1.165, 1.54) is 0 Å². The molecule has 0 unspecified atom stereocenters. The summed E-state index contributed by atoms with van der Waals surface area (Å²) in [6.07, 6.45) is 2.14. The molecule has 0 saturated carbocycles. The van der Waals surface area contributed by atoms with Crippen molar-refractivity contribution in [3.8, 4) is 11.4 Å². The summed E-state index contributed by atoms with van der Waals surface area (Å²) in [5.41, 5.74) is 0.515. The lowest BCUT2D eigenvalue weighted by Crippen LogP contribution is -1.91. The highest BCUT2D eigenvalue weighted by atomic mass is 35.5. The van der Waals surface area contributed by atoms with Crippen LogP contribution in [-0.4, -0.2) is 9.97 Å². The molecule has 1 heterocycles. The highest BCUT2D eigenvalue weighted by molar-refractivity contribution is 6.38. The molecule has 0 aliphatic rings. The third-order valence-corrected chi connectivity index (χ3v) is 2.44. The lowest BCUT2D eigenvalue weighted by atomic mass is 10.2. The maximum Gasteiger partial charge on any atom is 0.162 e. The van der Waals surface area contributed by atoms with E-state index in [0.717, 1.165) is 12.4 Å². The van der Waals surface area contributed by atoms with E-state index in [0.29, 0.717) is 21.4 Å². The average molecular weight is 243 g/mol. The van der Waals surface area contributed by atoms with Gasteiger partial charge in [-0.1, -0.05) is 29.3 Å². The van der Waals surface area contributed by atoms with Gasteiger partial charge < -0.3 is 0 Å². The minimum atomic E-state index is -0.498. The summed E-state index contributed by atoms with van der Waals surface area (Å²) < 4.78 is 12.6. The number of nitrogens with zero attached hydrogens (tertiary/aromatic N) is 2. The van der Waals surface area contributed by atoms with E-state index < -0.39 is 5.82 Å². The van der Waals surface area contributed by atoms with Gasteiger partial charge in [-0.05, 0) is 12.1 Å². The van der Waals surface area contributed by atoms with E-state index in [-0.39, 0.29) is 0 Å². The van der Waals surface area contributed by atoms with Crippen molar-refractivity contribution in [3.63, 3.8) is 0 Å². The van der Waals surface area contributed by atoms with Crippen LogP contribution in [0.1, 0.15) is 0 Å². The molecule has 0 amide bonds. The fraction of sp³-hybridized carbons (Fsp3) is 0. The Morgan fingerprint density at radius 2 is 1.53 bits per heavy atom. The van der Waals surface area contributed by atoms with Gasteiger partial charge in [-0.25, -0.2) is 14.4 Å². The SMILES string of the molecule is Fc1cnc(-c2c(Cl)cccc2Cl)nc1. The number of hydrogen-bond donors (Lipinski definition) is 0. The van der Waals surface area contributed by atoms with Gasteiger partial charge in [0.15, 0.2) is 11.6 Å². The Morgan fingerprint density at radius 3 is 2.07 bits per heavy atom. The first kappa shape index (κ1) is 10.3. The zero-order valence-corrected chi connectivity index (χ0v) is 8.93. The third kappa shape index (κ3) is 2.08. The van der Waals surface area contributed by atoms with Crippen molar-refractivity contribution in [1.82, 2.24) is 9.97 Å². The van der Waals surface area contributed by atoms with Gasteiger partial charge >= 0.3 is 0 Å². The van der Waals surface area contributed by atoms with Crippen LogP contribution in [0.25, 0.3) is 11.4 Å². The Bertz CT molecular complexity index is 465. The van der Waals surface area contributed by atoms with Crippen LogP contribution < -0.4 is 0 Å². The number of benzene rings is 1. The molecule has 0 saturated heterocycles. The van der Waals surface area contributed by atoms with Crippen LogP contribution in [0.2, 0.25) is 10.0 Å². The maximum atomic E-state index is 12.6. The third-order valence-electron chi connectivity index (χ3n) is 1.81. The fourth-order valence-electron chi connectivity index (χ4n) is 1.15. The van der Waals surface area contributed by atoms with E-state index in [1.54, 1.807) is 18.2 Å². The van der Waals surface area contributed by atoms with E-state index in [4.69, 9.17) is 23.2 Å². The summed E-state index contributed by atoms with van der Waals surface area (Å²) in [5.74, 6) is -0.186. The molecule has 0 aliphatic carbocycles. The largest absolute Gasteiger partial charge is 0.233 e. The number of hydrogen-bond acceptors (Lipinski definition) is 2. The molecule has 2 rings (SSSR count). The Labute approximate surface area is 95.7 Å². The van der Waals surface area contributed by atoms with Crippen molar-refractivity contribution in [2.75, 3.05) is 0 Å². The van der Waals surface area contributed by atoms with Gasteiger partial charge in [0.05, 0.1) is 28.0 Å². The Balaban J connectivity index is 2.58. The molecule has 0 radical (unpaired) electrons. The molecule has 0 fully saturated rings. The first-order valence-electron chi connectivity index (χ1n) is 4.10. The molecule has 1 aromatic heterocycles. The van der Waals surface area contributed by atoms with Crippen LogP contribution >= 0.6 is 23.2 Å². The molecule has 0 aliphatic heterocycles. The summed E-state index contributed by atoms with van der Waals surface area (Å²) in [4.78, 5) is 7.63. The van der Waals surface area contributed by atoms with Gasteiger partial charge in [0.25, 0.3) is 0 Å². The molecule has 0 spiro atoms. The standard InChI is InChI=1S/C10H5Cl2FN2/c11-7-2-1-3-8(12)9(7)10-14-4-6(13)5-15-10/h1-5H. The molecule has 0 bridgehead atoms. The van der Waals surface area contributed by atoms with E-state index in [9.17, 15) is 4.39 Å². The predicted molar refractivity (Wildman–Crippen MR) is 57.4 cm³/mol. The fourth-order valence-corrected chi connectivity index (χ4v) is 1.72. The van der Waals surface area contributed by atoms with Gasteiger partial charge in [-0.2, -0.15) is 0 Å². The van der Waals surface area contributed by atoms with Crippen molar-refractivity contribution < 1.29 is 4.39 Å². The highest BCUT2D eigenvalue weighted by Gasteiger charge is 2.10. The Hall–Kier alpha value is -1.19. The Kier molecular flexibility index (Phi) is 2.84. The number of aromatic nitrogens is 2. The van der Waals surface area contributed by atoms with Gasteiger partial charge in [0.2, 0.25) is 0 Å². The second kappa shape index (κ2) is 4.13. The first-order chi connectivity index (χ1) is 7.18. The first-order valence-corrected chi connectivity index (χ1v) is 4.86. The summed E-state index contributed by atoms with van der Waals surface area (Å²) in [5, 5.41) is 0.878. The topological polar surface area (TPSA) is 25.8 Å². The van der Waals surface area contributed by atoms with E-state index in [1.807, 2.05) is 0 Å². The van der Waals surface area contributed by atoms with E-state index in [2.05, 4.69) is 9.97 Å². The smallest absolute Gasteiger partial charge is 0.162 e. The van der Waals surface area contributed by atoms with Crippen LogP contribution in [-0.2, 0) is 0 Å². The minimum absolute atomic E-state index is 0.312. The summed E-state index contributed by atoms with van der Waals surface area (Å²) in [7, 11) is 0. The lowest BCUT2D eigenvalue weighted by Gasteiger charge is -2.04. The molecule has 5 heteroatoms. The van der Waals surface area contributed by atoms with Crippen LogP contribution in [0.5, 0.6) is 0 Å². The molecular weight excluding hydrogens is 238 g/mol. The molecule has 76 valence electrons. The number of rotatable bonds is 1. The normalized spacial score (nSPS) is 10.3. The highest BCUT2D eigenvalue weighted by Crippen LogP contribution is 2.31. The molecular formula is C10H5Cl2FN2. The number of halogens is 3. The van der Waals surface area contributed by atoms with Crippen LogP contribution in [0.3, 0.4) is 0 Å². The van der Waals surface area contributed by atoms with Gasteiger partial charge in [0, 0.05) is 0 Å². The summed E-state index contributed by atoms with van der Waals surface area (Å²) in [6.45, 7) is 0. The maximum absolute atomic E-state index is 12.6. The van der Waals surface area contributed by atoms with Crippen molar-refractivity contribution in [2.24, 2.45) is 0 Å². The minimum Gasteiger partial charge on any atom is -0.233 e. The monoisotopic (exact) mass is 242 g/mol. The molecule has 2 aromatic rings. The van der Waals surface area contributed by atoms with E-state index >= 15 is 0 Å². The average Bonchev–Trinajstić information content (AvgIpc) is 2.20. The predicted octanol–water partition coefficient (Wildman–Crippen LogP) is 3.59. The summed E-state index contributed by atoms with van der Waals surface area (Å²) >= 11 is 11.9. The van der Waals surface area contributed by atoms with Crippen LogP contribution in [0.4, 0.5) is 4.39 Å². The second-order valence-electron chi connectivity index (χ2n) is 2.82. The molecule has 0 atom stereocenters. The molecule has 1 aromatic carbocycles. The second-order valence-corrected chi connectivity index (χ2v) is 3.64. The van der Waals surface area contributed by atoms with Crippen molar-refractivity contribution in [3.05, 3.63) is 46.5 Å². The zero-order valence-electron chi connectivity index (χ0n) is 7.42. The van der Waals surface area contributed by atoms with Gasteiger partial charge in [0.1, 0.15) is 0 Å². The zero-order chi connectivity index (χ0) is 10.8. The Morgan fingerprint density at radius 1 is 1.00 bits per heavy atom. The van der Waals surface area contributed by atoms with Crippen molar-refractivity contribution >= 4 is 23.2 Å².